The van der Waals surface area contributed by atoms with Gasteiger partial charge in [-0.15, -0.1) is 12.4 Å². The minimum atomic E-state index is -0.137. The number of phenolic OH excluding ortho intramolecular Hbond substituents is 1. The van der Waals surface area contributed by atoms with Crippen molar-refractivity contribution >= 4 is 53.2 Å². The molecule has 0 saturated carbocycles. The molecule has 3 saturated heterocycles. The molecule has 0 radical (unpaired) electrons. The van der Waals surface area contributed by atoms with E-state index in [0.29, 0.717) is 48.2 Å². The summed E-state index contributed by atoms with van der Waals surface area (Å²) in [6.45, 7) is 5.89. The molecule has 1 aromatic heterocycles. The van der Waals surface area contributed by atoms with Crippen LogP contribution < -0.4 is 49.9 Å². The number of aromatic nitrogens is 3. The van der Waals surface area contributed by atoms with E-state index in [1.165, 1.54) is 24.2 Å². The number of carbonyl (C=O) groups is 1. The molecule has 16 heteroatoms. The quantitative estimate of drug-likeness (QED) is 0.139. The molecule has 4 aliphatic rings. The summed E-state index contributed by atoms with van der Waals surface area (Å²) in [5.74, 6) is 1.67. The van der Waals surface area contributed by atoms with Crippen molar-refractivity contribution in [2.45, 2.75) is 57.4 Å². The Morgan fingerprint density at radius 1 is 0.792 bits per heavy atom. The molecular weight excluding hydrogens is 634 g/mol. The molecule has 0 aliphatic carbocycles. The Morgan fingerprint density at radius 2 is 1.38 bits per heavy atom. The van der Waals surface area contributed by atoms with Crippen LogP contribution in [0.1, 0.15) is 67.4 Å². The lowest BCUT2D eigenvalue weighted by atomic mass is 10.0. The number of para-hydroxylation sites is 2. The molecule has 274 valence electrons. The first-order chi connectivity index (χ1) is 21.1. The number of rotatable bonds is 6. The van der Waals surface area contributed by atoms with Crippen LogP contribution in [0.25, 0.3) is 0 Å². The number of anilines is 6. The topological polar surface area (TPSA) is 253 Å². The largest absolute Gasteiger partial charge is 0.507 e. The van der Waals surface area contributed by atoms with Crippen LogP contribution in [0.15, 0.2) is 42.5 Å². The van der Waals surface area contributed by atoms with E-state index in [1.54, 1.807) is 12.1 Å². The van der Waals surface area contributed by atoms with Crippen molar-refractivity contribution in [3.8, 4) is 5.75 Å². The van der Waals surface area contributed by atoms with Crippen molar-refractivity contribution in [3.63, 3.8) is 0 Å². The zero-order valence-corrected chi connectivity index (χ0v) is 28.8. The molecular formula is C32H62ClN13O2. The lowest BCUT2D eigenvalue weighted by Gasteiger charge is -2.37. The second-order valence-electron chi connectivity index (χ2n) is 12.1. The van der Waals surface area contributed by atoms with Crippen LogP contribution in [0.3, 0.4) is 0 Å². The maximum atomic E-state index is 13.4. The van der Waals surface area contributed by atoms with Crippen molar-refractivity contribution in [1.29, 1.82) is 0 Å². The van der Waals surface area contributed by atoms with E-state index in [4.69, 9.17) is 15.0 Å². The van der Waals surface area contributed by atoms with E-state index in [2.05, 4.69) is 43.5 Å². The predicted octanol–water partition coefficient (Wildman–Crippen LogP) is 6.85. The number of likely N-dealkylation sites (tertiary alicyclic amines) is 1. The van der Waals surface area contributed by atoms with Gasteiger partial charge in [0.25, 0.3) is 5.91 Å². The Bertz CT molecular complexity index is 1450. The third kappa shape index (κ3) is 8.46. The summed E-state index contributed by atoms with van der Waals surface area (Å²) in [6, 6.07) is 13.9. The Balaban J connectivity index is -0.00000267. The van der Waals surface area contributed by atoms with Gasteiger partial charge in [0, 0.05) is 62.8 Å². The maximum Gasteiger partial charge on any atom is 0.257 e. The average molecular weight is 696 g/mol. The first kappa shape index (κ1) is 40.0. The summed E-state index contributed by atoms with van der Waals surface area (Å²) < 4.78 is 0. The van der Waals surface area contributed by atoms with Crippen LogP contribution in [0.5, 0.6) is 5.75 Å². The van der Waals surface area contributed by atoms with Gasteiger partial charge in [-0.3, -0.25) is 4.79 Å². The molecule has 15 nitrogen and oxygen atoms in total. The Kier molecular flexibility index (Phi) is 14.9. The fourth-order valence-corrected chi connectivity index (χ4v) is 6.81. The number of piperidine rings is 3. The van der Waals surface area contributed by atoms with Crippen LogP contribution in [0.2, 0.25) is 0 Å². The lowest BCUT2D eigenvalue weighted by molar-refractivity contribution is 0.0710. The summed E-state index contributed by atoms with van der Waals surface area (Å²) in [6.07, 6.45) is 8.79. The van der Waals surface area contributed by atoms with Crippen LogP contribution >= 0.6 is 12.4 Å². The third-order valence-corrected chi connectivity index (χ3v) is 9.22. The molecule has 0 bridgehead atoms. The van der Waals surface area contributed by atoms with Gasteiger partial charge in [-0.25, -0.2) is 0 Å². The highest BCUT2D eigenvalue weighted by Crippen LogP contribution is 2.35. The molecule has 0 unspecified atom stereocenters. The van der Waals surface area contributed by atoms with Crippen molar-refractivity contribution in [2.24, 2.45) is 0 Å². The number of hydrogen-bond donors (Lipinski definition) is 7. The number of nitrogens with one attached hydrogen (secondary N) is 2. The first-order valence-corrected chi connectivity index (χ1v) is 15.9. The molecule has 0 atom stereocenters. The monoisotopic (exact) mass is 695 g/mol. The molecule has 4 aliphatic heterocycles. The zero-order chi connectivity index (χ0) is 29.2. The number of hydrogen-bond acceptors (Lipinski definition) is 14. The normalized spacial score (nSPS) is 17.2. The lowest BCUT2D eigenvalue weighted by Crippen LogP contribution is -2.46. The van der Waals surface area contributed by atoms with Gasteiger partial charge in [-0.2, -0.15) is 15.0 Å². The number of phenols is 1. The fraction of sp³-hybridized carbons (Fsp3) is 0.500. The number of halogens is 1. The summed E-state index contributed by atoms with van der Waals surface area (Å²) in [5.41, 5.74) is 3.35. The third-order valence-electron chi connectivity index (χ3n) is 9.22. The number of nitrogens with zero attached hydrogens (tertiary/aromatic N) is 7. The van der Waals surface area contributed by atoms with E-state index in [1.807, 2.05) is 17.0 Å². The van der Waals surface area contributed by atoms with Gasteiger partial charge in [0.05, 0.1) is 23.6 Å². The Hall–Kier alpha value is -4.15. The van der Waals surface area contributed by atoms with Gasteiger partial charge in [0.1, 0.15) is 5.75 Å². The number of aromatic hydroxyl groups is 1. The summed E-state index contributed by atoms with van der Waals surface area (Å²) in [5, 5.41) is 17.7. The van der Waals surface area contributed by atoms with Gasteiger partial charge in [0.15, 0.2) is 0 Å². The standard InChI is InChI=1S/C32H41N9O2.ClH.4H3N.4H2/c42-28-21-23(34-30-35-31(39-15-5-1-6-16-39)37-32(36-30)40-17-7-2-8-18-40)11-12-25(28)29(43)38-19-13-24(14-20-38)41-22-33-26-9-3-4-10-27(26)41;;;;;;;;;/h3-4,9-12,21,24,33,42H,1-2,5-8,13-20,22H2,(H,34,35,36,37);1H;4*1H3;4*1H. The van der Waals surface area contributed by atoms with Gasteiger partial charge in [-0.05, 0) is 75.6 Å². The predicted molar refractivity (Wildman–Crippen MR) is 205 cm³/mol. The molecule has 3 fully saturated rings. The molecule has 7 rings (SSSR count). The van der Waals surface area contributed by atoms with Gasteiger partial charge in [-0.1, -0.05) is 12.1 Å². The smallest absolute Gasteiger partial charge is 0.257 e. The number of carbonyl (C=O) groups excluding carboxylic acids is 1. The van der Waals surface area contributed by atoms with Crippen LogP contribution in [-0.4, -0.2) is 82.8 Å². The highest BCUT2D eigenvalue weighted by atomic mass is 35.5. The van der Waals surface area contributed by atoms with Crippen LogP contribution in [0, 0.1) is 0 Å². The number of benzene rings is 2. The summed E-state index contributed by atoms with van der Waals surface area (Å²) in [7, 11) is 0. The molecule has 3 aromatic rings. The molecule has 0 spiro atoms. The second-order valence-corrected chi connectivity index (χ2v) is 12.1. The highest BCUT2D eigenvalue weighted by molar-refractivity contribution is 5.97. The van der Waals surface area contributed by atoms with Gasteiger partial charge >= 0.3 is 0 Å². The van der Waals surface area contributed by atoms with E-state index < -0.39 is 0 Å². The number of amides is 1. The van der Waals surface area contributed by atoms with E-state index >= 15 is 0 Å². The zero-order valence-electron chi connectivity index (χ0n) is 27.9. The molecule has 1 amide bonds. The molecule has 48 heavy (non-hydrogen) atoms. The first-order valence-electron chi connectivity index (χ1n) is 15.9. The second kappa shape index (κ2) is 17.8. The van der Waals surface area contributed by atoms with Crippen LogP contribution in [-0.2, 0) is 0 Å². The average Bonchev–Trinajstić information content (AvgIpc) is 3.50. The van der Waals surface area contributed by atoms with Crippen molar-refractivity contribution in [2.75, 3.05) is 71.3 Å². The SMILES string of the molecule is Cl.N.N.N.N.O=C(c1ccc(Nc2nc(N3CCCCC3)nc(N3CCCCC3)n2)cc1O)N1CCC(N2CNc3ccccc32)CC1.[HH].[HH].[HH].[HH]. The van der Waals surface area contributed by atoms with Crippen molar-refractivity contribution < 1.29 is 15.6 Å². The minimum Gasteiger partial charge on any atom is -0.507 e. The summed E-state index contributed by atoms with van der Waals surface area (Å²) >= 11 is 0. The highest BCUT2D eigenvalue weighted by Gasteiger charge is 2.31. The summed E-state index contributed by atoms with van der Waals surface area (Å²) in [4.78, 5) is 36.6. The van der Waals surface area contributed by atoms with Gasteiger partial charge in [0.2, 0.25) is 17.8 Å². The van der Waals surface area contributed by atoms with Crippen molar-refractivity contribution in [1.82, 2.24) is 44.5 Å². The Morgan fingerprint density at radius 3 is 1.96 bits per heavy atom. The number of fused-ring (bicyclic) bond motifs is 1. The van der Waals surface area contributed by atoms with Crippen molar-refractivity contribution in [3.05, 3.63) is 48.0 Å². The minimum absolute atomic E-state index is 0. The molecule has 2 aromatic carbocycles. The van der Waals surface area contributed by atoms with Gasteiger partial charge < -0.3 is 59.9 Å². The molecule has 15 N–H and O–H groups in total. The van der Waals surface area contributed by atoms with Crippen LogP contribution in [0.4, 0.5) is 34.9 Å². The van der Waals surface area contributed by atoms with E-state index in [9.17, 15) is 9.90 Å². The van der Waals surface area contributed by atoms with E-state index in [0.717, 1.165) is 71.4 Å². The molecule has 5 heterocycles. The fourth-order valence-electron chi connectivity index (χ4n) is 6.81. The Labute approximate surface area is 295 Å². The maximum absolute atomic E-state index is 13.4. The van der Waals surface area contributed by atoms with E-state index in [-0.39, 0.29) is 54.4 Å².